The third kappa shape index (κ3) is 3.58. The van der Waals surface area contributed by atoms with Crippen LogP contribution in [0.2, 0.25) is 0 Å². The quantitative estimate of drug-likeness (QED) is 0.784. The molecule has 102 valence electrons. The van der Waals surface area contributed by atoms with Gasteiger partial charge in [-0.15, -0.1) is 11.3 Å². The molecule has 1 N–H and O–H groups in total. The Balaban J connectivity index is 1.92. The van der Waals surface area contributed by atoms with Gasteiger partial charge in [0, 0.05) is 21.8 Å². The van der Waals surface area contributed by atoms with Gasteiger partial charge in [0.1, 0.15) is 0 Å². The molecule has 0 bridgehead atoms. The molecule has 1 aliphatic carbocycles. The first-order valence-electron chi connectivity index (χ1n) is 7.53. The van der Waals surface area contributed by atoms with E-state index in [0.717, 1.165) is 5.92 Å². The van der Waals surface area contributed by atoms with Crippen LogP contribution in [0.4, 0.5) is 0 Å². The molecule has 18 heavy (non-hydrogen) atoms. The standard InChI is InChI=1S/C16H27NS/c1-4-15(14-8-6-5-7-9-14)17-13(3)16-11-10-12(2)18-16/h10-11,13-15,17H,4-9H2,1-3H3. The van der Waals surface area contributed by atoms with Crippen molar-refractivity contribution in [2.75, 3.05) is 0 Å². The van der Waals surface area contributed by atoms with Crippen LogP contribution < -0.4 is 5.32 Å². The number of hydrogen-bond acceptors (Lipinski definition) is 2. The lowest BCUT2D eigenvalue weighted by atomic mass is 9.82. The molecular formula is C16H27NS. The molecule has 1 aromatic rings. The van der Waals surface area contributed by atoms with Crippen LogP contribution in [0.15, 0.2) is 12.1 Å². The average Bonchev–Trinajstić information content (AvgIpc) is 2.83. The summed E-state index contributed by atoms with van der Waals surface area (Å²) in [6.45, 7) is 6.84. The molecule has 1 nitrogen and oxygen atoms in total. The van der Waals surface area contributed by atoms with E-state index in [1.807, 2.05) is 11.3 Å². The normalized spacial score (nSPS) is 20.8. The number of aryl methyl sites for hydroxylation is 1. The van der Waals surface area contributed by atoms with Crippen LogP contribution in [0.1, 0.15) is 68.2 Å². The van der Waals surface area contributed by atoms with Gasteiger partial charge < -0.3 is 5.32 Å². The SMILES string of the molecule is CCC(NC(C)c1ccc(C)s1)C1CCCCC1. The van der Waals surface area contributed by atoms with Crippen LogP contribution >= 0.6 is 11.3 Å². The van der Waals surface area contributed by atoms with Gasteiger partial charge in [0.05, 0.1) is 0 Å². The van der Waals surface area contributed by atoms with E-state index in [4.69, 9.17) is 0 Å². The Morgan fingerprint density at radius 2 is 2.00 bits per heavy atom. The van der Waals surface area contributed by atoms with Crippen molar-refractivity contribution < 1.29 is 0 Å². The molecule has 2 rings (SSSR count). The summed E-state index contributed by atoms with van der Waals surface area (Å²) in [5, 5.41) is 3.88. The Bertz CT molecular complexity index is 352. The van der Waals surface area contributed by atoms with E-state index in [0.29, 0.717) is 12.1 Å². The number of thiophene rings is 1. The number of rotatable bonds is 5. The molecule has 0 saturated heterocycles. The average molecular weight is 265 g/mol. The van der Waals surface area contributed by atoms with Crippen molar-refractivity contribution in [3.05, 3.63) is 21.9 Å². The number of hydrogen-bond donors (Lipinski definition) is 1. The number of nitrogens with one attached hydrogen (secondary N) is 1. The minimum absolute atomic E-state index is 0.510. The Hall–Kier alpha value is -0.340. The Morgan fingerprint density at radius 3 is 2.56 bits per heavy atom. The fourth-order valence-electron chi connectivity index (χ4n) is 3.21. The summed E-state index contributed by atoms with van der Waals surface area (Å²) in [5.41, 5.74) is 0. The van der Waals surface area contributed by atoms with Crippen LogP contribution in [0.3, 0.4) is 0 Å². The van der Waals surface area contributed by atoms with E-state index in [9.17, 15) is 0 Å². The second kappa shape index (κ2) is 6.72. The molecule has 1 aromatic heterocycles. The summed E-state index contributed by atoms with van der Waals surface area (Å²) in [7, 11) is 0. The second-order valence-corrected chi connectivity index (χ2v) is 7.07. The van der Waals surface area contributed by atoms with Crippen molar-refractivity contribution >= 4 is 11.3 Å². The molecule has 1 heterocycles. The molecule has 2 heteroatoms. The Kier molecular flexibility index (Phi) is 5.25. The smallest absolute Gasteiger partial charge is 0.0388 e. The van der Waals surface area contributed by atoms with E-state index in [1.54, 1.807) is 0 Å². The molecule has 1 saturated carbocycles. The fraction of sp³-hybridized carbons (Fsp3) is 0.750. The Morgan fingerprint density at radius 1 is 1.28 bits per heavy atom. The fourth-order valence-corrected chi connectivity index (χ4v) is 4.10. The summed E-state index contributed by atoms with van der Waals surface area (Å²) in [4.78, 5) is 2.91. The third-order valence-corrected chi connectivity index (χ3v) is 5.49. The molecule has 0 amide bonds. The van der Waals surface area contributed by atoms with E-state index < -0.39 is 0 Å². The summed E-state index contributed by atoms with van der Waals surface area (Å²) in [6.07, 6.45) is 8.46. The first-order chi connectivity index (χ1) is 8.70. The van der Waals surface area contributed by atoms with E-state index in [2.05, 4.69) is 38.2 Å². The van der Waals surface area contributed by atoms with Crippen molar-refractivity contribution in [1.82, 2.24) is 5.32 Å². The molecule has 1 aliphatic rings. The van der Waals surface area contributed by atoms with Crippen molar-refractivity contribution in [1.29, 1.82) is 0 Å². The lowest BCUT2D eigenvalue weighted by Crippen LogP contribution is -2.38. The van der Waals surface area contributed by atoms with Crippen LogP contribution in [0, 0.1) is 12.8 Å². The largest absolute Gasteiger partial charge is 0.306 e. The zero-order valence-corrected chi connectivity index (χ0v) is 12.9. The Labute approximate surface area is 116 Å². The molecule has 0 aliphatic heterocycles. The first kappa shape index (κ1) is 14.1. The van der Waals surface area contributed by atoms with Crippen molar-refractivity contribution in [2.45, 2.75) is 71.4 Å². The van der Waals surface area contributed by atoms with Crippen molar-refractivity contribution in [2.24, 2.45) is 5.92 Å². The van der Waals surface area contributed by atoms with Gasteiger partial charge in [-0.1, -0.05) is 26.2 Å². The van der Waals surface area contributed by atoms with Gasteiger partial charge in [0.15, 0.2) is 0 Å². The van der Waals surface area contributed by atoms with E-state index in [-0.39, 0.29) is 0 Å². The zero-order valence-electron chi connectivity index (χ0n) is 12.0. The van der Waals surface area contributed by atoms with Crippen LogP contribution in [0.5, 0.6) is 0 Å². The molecular weight excluding hydrogens is 238 g/mol. The topological polar surface area (TPSA) is 12.0 Å². The van der Waals surface area contributed by atoms with Gasteiger partial charge in [-0.3, -0.25) is 0 Å². The lowest BCUT2D eigenvalue weighted by Gasteiger charge is -2.32. The zero-order chi connectivity index (χ0) is 13.0. The minimum atomic E-state index is 0.510. The minimum Gasteiger partial charge on any atom is -0.306 e. The monoisotopic (exact) mass is 265 g/mol. The first-order valence-corrected chi connectivity index (χ1v) is 8.34. The summed E-state index contributed by atoms with van der Waals surface area (Å²) >= 11 is 1.93. The molecule has 1 fully saturated rings. The maximum Gasteiger partial charge on any atom is 0.0388 e. The maximum atomic E-state index is 3.88. The van der Waals surface area contributed by atoms with Gasteiger partial charge in [-0.2, -0.15) is 0 Å². The third-order valence-electron chi connectivity index (χ3n) is 4.31. The predicted molar refractivity (Wildman–Crippen MR) is 81.3 cm³/mol. The molecule has 0 spiro atoms. The van der Waals surface area contributed by atoms with Gasteiger partial charge in [-0.25, -0.2) is 0 Å². The van der Waals surface area contributed by atoms with Gasteiger partial charge in [-0.05, 0) is 51.2 Å². The van der Waals surface area contributed by atoms with Crippen LogP contribution in [0.25, 0.3) is 0 Å². The molecule has 0 radical (unpaired) electrons. The maximum absolute atomic E-state index is 3.88. The molecule has 0 aromatic carbocycles. The second-order valence-electron chi connectivity index (χ2n) is 5.75. The highest BCUT2D eigenvalue weighted by Gasteiger charge is 2.23. The van der Waals surface area contributed by atoms with Crippen LogP contribution in [-0.4, -0.2) is 6.04 Å². The lowest BCUT2D eigenvalue weighted by molar-refractivity contribution is 0.250. The van der Waals surface area contributed by atoms with Gasteiger partial charge in [0.25, 0.3) is 0 Å². The summed E-state index contributed by atoms with van der Waals surface area (Å²) in [6, 6.07) is 5.74. The highest BCUT2D eigenvalue weighted by Crippen LogP contribution is 2.30. The molecule has 2 unspecified atom stereocenters. The van der Waals surface area contributed by atoms with Crippen LogP contribution in [-0.2, 0) is 0 Å². The predicted octanol–water partition coefficient (Wildman–Crippen LogP) is 5.07. The summed E-state index contributed by atoms with van der Waals surface area (Å²) in [5.74, 6) is 0.909. The van der Waals surface area contributed by atoms with E-state index >= 15 is 0 Å². The van der Waals surface area contributed by atoms with E-state index in [1.165, 1.54) is 48.3 Å². The highest BCUT2D eigenvalue weighted by molar-refractivity contribution is 7.12. The van der Waals surface area contributed by atoms with Crippen molar-refractivity contribution in [3.63, 3.8) is 0 Å². The van der Waals surface area contributed by atoms with Gasteiger partial charge in [0.2, 0.25) is 0 Å². The van der Waals surface area contributed by atoms with Gasteiger partial charge >= 0.3 is 0 Å². The highest BCUT2D eigenvalue weighted by atomic mass is 32.1. The van der Waals surface area contributed by atoms with Crippen molar-refractivity contribution in [3.8, 4) is 0 Å². The summed E-state index contributed by atoms with van der Waals surface area (Å²) < 4.78 is 0. The molecule has 2 atom stereocenters.